The van der Waals surface area contributed by atoms with Gasteiger partial charge in [-0.1, -0.05) is 6.42 Å². The summed E-state index contributed by atoms with van der Waals surface area (Å²) in [5.41, 5.74) is 0.166. The molecule has 0 aromatic heterocycles. The second-order valence-electron chi connectivity index (χ2n) is 5.49. The molecule has 0 radical (unpaired) electrons. The molecule has 21 heavy (non-hydrogen) atoms. The molecule has 2 aliphatic rings. The Bertz CT molecular complexity index is 649. The largest absolute Gasteiger partial charge is 0.497 e. The molecule has 1 saturated heterocycles. The number of ether oxygens (including phenoxy) is 1. The van der Waals surface area contributed by atoms with Gasteiger partial charge in [0.05, 0.1) is 12.8 Å². The highest BCUT2D eigenvalue weighted by atomic mass is 16.5. The maximum atomic E-state index is 12.7. The van der Waals surface area contributed by atoms with Crippen molar-refractivity contribution in [2.24, 2.45) is 5.41 Å². The Morgan fingerprint density at radius 2 is 1.95 bits per heavy atom. The first-order valence-corrected chi connectivity index (χ1v) is 6.84. The first kappa shape index (κ1) is 13.6. The number of nitrogens with one attached hydrogen (secondary N) is 1. The number of methoxy groups -OCH3 is 1. The van der Waals surface area contributed by atoms with E-state index in [4.69, 9.17) is 4.74 Å². The van der Waals surface area contributed by atoms with Crippen molar-refractivity contribution >= 4 is 23.5 Å². The topological polar surface area (TPSA) is 75.7 Å². The molecule has 1 saturated carbocycles. The van der Waals surface area contributed by atoms with E-state index in [1.807, 2.05) is 0 Å². The minimum atomic E-state index is -1.06. The Morgan fingerprint density at radius 1 is 1.24 bits per heavy atom. The molecule has 1 spiro atoms. The van der Waals surface area contributed by atoms with Gasteiger partial charge in [-0.25, -0.2) is 9.69 Å². The van der Waals surface area contributed by atoms with Gasteiger partial charge >= 0.3 is 6.03 Å². The number of hydrogen-bond donors (Lipinski definition) is 1. The predicted octanol–water partition coefficient (Wildman–Crippen LogP) is 1.76. The fourth-order valence-corrected chi connectivity index (χ4v) is 2.87. The molecule has 6 nitrogen and oxygen atoms in total. The van der Waals surface area contributed by atoms with Crippen molar-refractivity contribution in [3.63, 3.8) is 0 Å². The number of aryl methyl sites for hydroxylation is 1. The number of imide groups is 2. The quantitative estimate of drug-likeness (QED) is 0.841. The van der Waals surface area contributed by atoms with Crippen molar-refractivity contribution in [1.29, 1.82) is 0 Å². The van der Waals surface area contributed by atoms with Crippen LogP contribution in [0.1, 0.15) is 24.8 Å². The summed E-state index contributed by atoms with van der Waals surface area (Å²) in [7, 11) is 1.55. The molecule has 1 aromatic carbocycles. The highest BCUT2D eigenvalue weighted by Crippen LogP contribution is 2.45. The third kappa shape index (κ3) is 1.82. The summed E-state index contributed by atoms with van der Waals surface area (Å²) in [6.45, 7) is 1.79. The van der Waals surface area contributed by atoms with E-state index in [1.54, 1.807) is 32.2 Å². The number of rotatable bonds is 2. The molecule has 0 atom stereocenters. The van der Waals surface area contributed by atoms with Crippen molar-refractivity contribution in [3.8, 4) is 5.75 Å². The van der Waals surface area contributed by atoms with Gasteiger partial charge in [0.1, 0.15) is 11.2 Å². The zero-order valence-electron chi connectivity index (χ0n) is 11.9. The van der Waals surface area contributed by atoms with Crippen LogP contribution in [0.25, 0.3) is 0 Å². The molecule has 1 heterocycles. The molecule has 1 N–H and O–H groups in total. The number of hydrogen-bond acceptors (Lipinski definition) is 4. The number of anilines is 1. The van der Waals surface area contributed by atoms with Gasteiger partial charge in [0, 0.05) is 0 Å². The Kier molecular flexibility index (Phi) is 2.97. The Balaban J connectivity index is 2.02. The van der Waals surface area contributed by atoms with Gasteiger partial charge < -0.3 is 4.74 Å². The van der Waals surface area contributed by atoms with Crippen molar-refractivity contribution in [1.82, 2.24) is 5.32 Å². The highest BCUT2D eigenvalue weighted by Gasteiger charge is 2.57. The first-order chi connectivity index (χ1) is 9.99. The Morgan fingerprint density at radius 3 is 2.48 bits per heavy atom. The molecule has 1 aliphatic heterocycles. The smallest absolute Gasteiger partial charge is 0.335 e. The number of carbonyl (C=O) groups excluding carboxylic acids is 3. The lowest BCUT2D eigenvalue weighted by Gasteiger charge is -2.44. The van der Waals surface area contributed by atoms with E-state index in [0.29, 0.717) is 24.3 Å². The molecule has 1 aliphatic carbocycles. The molecule has 2 fully saturated rings. The summed E-state index contributed by atoms with van der Waals surface area (Å²) in [5, 5.41) is 2.30. The lowest BCUT2D eigenvalue weighted by atomic mass is 9.66. The van der Waals surface area contributed by atoms with E-state index >= 15 is 0 Å². The van der Waals surface area contributed by atoms with Crippen LogP contribution in [-0.4, -0.2) is 25.0 Å². The summed E-state index contributed by atoms with van der Waals surface area (Å²) in [5.74, 6) is -0.238. The van der Waals surface area contributed by atoms with Crippen LogP contribution in [0.2, 0.25) is 0 Å². The van der Waals surface area contributed by atoms with Crippen LogP contribution in [0, 0.1) is 12.3 Å². The van der Waals surface area contributed by atoms with Crippen LogP contribution < -0.4 is 15.0 Å². The van der Waals surface area contributed by atoms with Gasteiger partial charge in [0.15, 0.2) is 0 Å². The molecule has 1 aromatic rings. The number of carbonyl (C=O) groups is 3. The number of barbiturate groups is 1. The summed E-state index contributed by atoms with van der Waals surface area (Å²) in [4.78, 5) is 37.8. The maximum absolute atomic E-state index is 12.7. The van der Waals surface area contributed by atoms with E-state index in [0.717, 1.165) is 16.9 Å². The maximum Gasteiger partial charge on any atom is 0.335 e. The normalized spacial score (nSPS) is 20.3. The summed E-state index contributed by atoms with van der Waals surface area (Å²) in [6, 6.07) is 4.41. The van der Waals surface area contributed by atoms with Crippen LogP contribution >= 0.6 is 0 Å². The lowest BCUT2D eigenvalue weighted by molar-refractivity contribution is -0.148. The zero-order valence-corrected chi connectivity index (χ0v) is 11.9. The Labute approximate surface area is 122 Å². The number of urea groups is 1. The number of amides is 4. The van der Waals surface area contributed by atoms with E-state index in [-0.39, 0.29) is 0 Å². The number of benzene rings is 1. The molecule has 4 amide bonds. The van der Waals surface area contributed by atoms with Crippen molar-refractivity contribution in [3.05, 3.63) is 23.8 Å². The Hall–Kier alpha value is -2.37. The SMILES string of the molecule is COc1ccc(N2C(=O)NC(=O)C3(CCC3)C2=O)c(C)c1. The molecular formula is C15H16N2O4. The minimum Gasteiger partial charge on any atom is -0.497 e. The van der Waals surface area contributed by atoms with Gasteiger partial charge in [0.25, 0.3) is 5.91 Å². The van der Waals surface area contributed by atoms with Crippen molar-refractivity contribution < 1.29 is 19.1 Å². The van der Waals surface area contributed by atoms with Crippen LogP contribution in [0.4, 0.5) is 10.5 Å². The van der Waals surface area contributed by atoms with Crippen LogP contribution in [0.15, 0.2) is 18.2 Å². The van der Waals surface area contributed by atoms with Crippen molar-refractivity contribution in [2.75, 3.05) is 12.0 Å². The van der Waals surface area contributed by atoms with Gasteiger partial charge in [-0.05, 0) is 43.5 Å². The number of nitrogens with zero attached hydrogens (tertiary/aromatic N) is 1. The lowest BCUT2D eigenvalue weighted by Crippen LogP contribution is -2.66. The van der Waals surface area contributed by atoms with E-state index < -0.39 is 23.3 Å². The second kappa shape index (κ2) is 4.58. The average Bonchev–Trinajstić information content (AvgIpc) is 2.38. The highest BCUT2D eigenvalue weighted by molar-refractivity contribution is 6.30. The van der Waals surface area contributed by atoms with Crippen LogP contribution in [0.3, 0.4) is 0 Å². The summed E-state index contributed by atoms with van der Waals surface area (Å²) in [6.07, 6.45) is 1.82. The molecule has 110 valence electrons. The third-order valence-corrected chi connectivity index (χ3v) is 4.32. The van der Waals surface area contributed by atoms with Gasteiger partial charge in [-0.3, -0.25) is 14.9 Å². The molecule has 3 rings (SSSR count). The van der Waals surface area contributed by atoms with Crippen LogP contribution in [-0.2, 0) is 9.59 Å². The van der Waals surface area contributed by atoms with Crippen LogP contribution in [0.5, 0.6) is 5.75 Å². The molecular weight excluding hydrogens is 272 g/mol. The molecule has 0 unspecified atom stereocenters. The molecule has 6 heteroatoms. The fourth-order valence-electron chi connectivity index (χ4n) is 2.87. The predicted molar refractivity (Wildman–Crippen MR) is 75.0 cm³/mol. The van der Waals surface area contributed by atoms with Gasteiger partial charge in [0.2, 0.25) is 5.91 Å². The first-order valence-electron chi connectivity index (χ1n) is 6.84. The van der Waals surface area contributed by atoms with Crippen molar-refractivity contribution in [2.45, 2.75) is 26.2 Å². The van der Waals surface area contributed by atoms with Gasteiger partial charge in [-0.15, -0.1) is 0 Å². The monoisotopic (exact) mass is 288 g/mol. The second-order valence-corrected chi connectivity index (χ2v) is 5.49. The van der Waals surface area contributed by atoms with Gasteiger partial charge in [-0.2, -0.15) is 0 Å². The zero-order chi connectivity index (χ0) is 15.2. The van der Waals surface area contributed by atoms with E-state index in [1.165, 1.54) is 0 Å². The molecule has 0 bridgehead atoms. The third-order valence-electron chi connectivity index (χ3n) is 4.32. The minimum absolute atomic E-state index is 0.421. The average molecular weight is 288 g/mol. The standard InChI is InChI=1S/C15H16N2O4/c1-9-8-10(21-2)4-5-11(9)17-13(19)15(6-3-7-15)12(18)16-14(17)20/h4-5,8H,3,6-7H2,1-2H3,(H,16,18,20). The summed E-state index contributed by atoms with van der Waals surface area (Å²) < 4.78 is 5.12. The van der Waals surface area contributed by atoms with E-state index in [2.05, 4.69) is 5.32 Å². The van der Waals surface area contributed by atoms with E-state index in [9.17, 15) is 14.4 Å². The fraction of sp³-hybridized carbons (Fsp3) is 0.400. The summed E-state index contributed by atoms with van der Waals surface area (Å²) >= 11 is 0.